The normalized spacial score (nSPS) is 10.7. The van der Waals surface area contributed by atoms with Gasteiger partial charge in [0.05, 0.1) is 4.99 Å². The molecule has 1 rings (SSSR count). The molecule has 0 saturated heterocycles. The first-order valence-corrected chi connectivity index (χ1v) is 6.15. The quantitative estimate of drug-likeness (QED) is 0.769. The van der Waals surface area contributed by atoms with Crippen LogP contribution in [0.4, 0.5) is 0 Å². The summed E-state index contributed by atoms with van der Waals surface area (Å²) in [6.07, 6.45) is 0.696. The van der Waals surface area contributed by atoms with Crippen LogP contribution >= 0.6 is 12.2 Å². The maximum absolute atomic E-state index is 5.55. The number of rotatable bonds is 6. The second-order valence-electron chi connectivity index (χ2n) is 3.92. The molecular formula is C13H20N2S. The lowest BCUT2D eigenvalue weighted by atomic mass is 10.1. The zero-order valence-corrected chi connectivity index (χ0v) is 10.9. The second-order valence-corrected chi connectivity index (χ2v) is 4.45. The van der Waals surface area contributed by atoms with Crippen molar-refractivity contribution in [3.05, 3.63) is 35.4 Å². The molecule has 0 amide bonds. The molecule has 0 aromatic heterocycles. The van der Waals surface area contributed by atoms with Gasteiger partial charge >= 0.3 is 0 Å². The van der Waals surface area contributed by atoms with Gasteiger partial charge in [0.2, 0.25) is 0 Å². The van der Waals surface area contributed by atoms with Gasteiger partial charge in [-0.15, -0.1) is 0 Å². The van der Waals surface area contributed by atoms with Crippen LogP contribution in [0.1, 0.15) is 25.0 Å². The zero-order chi connectivity index (χ0) is 12.0. The summed E-state index contributed by atoms with van der Waals surface area (Å²) in [7, 11) is 0. The lowest BCUT2D eigenvalue weighted by Crippen LogP contribution is -2.22. The molecule has 0 spiro atoms. The van der Waals surface area contributed by atoms with Crippen molar-refractivity contribution in [2.75, 3.05) is 13.1 Å². The molecule has 1 aromatic carbocycles. The second kappa shape index (κ2) is 6.61. The number of nitrogens with two attached hydrogens (primary N) is 1. The summed E-state index contributed by atoms with van der Waals surface area (Å²) < 4.78 is 0. The third kappa shape index (κ3) is 4.29. The van der Waals surface area contributed by atoms with E-state index in [4.69, 9.17) is 18.0 Å². The maximum Gasteiger partial charge on any atom is 0.0771 e. The van der Waals surface area contributed by atoms with E-state index in [-0.39, 0.29) is 0 Å². The van der Waals surface area contributed by atoms with E-state index < -0.39 is 0 Å². The van der Waals surface area contributed by atoms with Gasteiger partial charge in [-0.1, -0.05) is 50.3 Å². The fourth-order valence-corrected chi connectivity index (χ4v) is 1.91. The molecule has 0 aliphatic rings. The fraction of sp³-hybridized carbons (Fsp3) is 0.462. The lowest BCUT2D eigenvalue weighted by molar-refractivity contribution is 0.296. The minimum absolute atomic E-state index is 0.556. The first-order valence-electron chi connectivity index (χ1n) is 5.74. The molecule has 3 heteroatoms. The monoisotopic (exact) mass is 236 g/mol. The van der Waals surface area contributed by atoms with Crippen LogP contribution in [0.25, 0.3) is 0 Å². The van der Waals surface area contributed by atoms with Gasteiger partial charge < -0.3 is 5.73 Å². The Morgan fingerprint density at radius 3 is 2.44 bits per heavy atom. The highest BCUT2D eigenvalue weighted by atomic mass is 32.1. The van der Waals surface area contributed by atoms with Gasteiger partial charge in [0, 0.05) is 13.0 Å². The molecule has 0 unspecified atom stereocenters. The highest BCUT2D eigenvalue weighted by Crippen LogP contribution is 2.09. The zero-order valence-electron chi connectivity index (χ0n) is 10.1. The average molecular weight is 236 g/mol. The van der Waals surface area contributed by atoms with Gasteiger partial charge in [-0.2, -0.15) is 0 Å². The van der Waals surface area contributed by atoms with E-state index >= 15 is 0 Å². The molecule has 1 aromatic rings. The van der Waals surface area contributed by atoms with Gasteiger partial charge in [0.15, 0.2) is 0 Å². The first kappa shape index (κ1) is 13.1. The van der Waals surface area contributed by atoms with Crippen molar-refractivity contribution in [1.29, 1.82) is 0 Å². The van der Waals surface area contributed by atoms with Crippen LogP contribution in [0.2, 0.25) is 0 Å². The molecule has 2 nitrogen and oxygen atoms in total. The summed E-state index contributed by atoms with van der Waals surface area (Å²) in [6, 6.07) is 8.50. The van der Waals surface area contributed by atoms with E-state index in [1.54, 1.807) is 0 Å². The standard InChI is InChI=1S/C13H20N2S/c1-3-15(4-2)10-12-7-5-6-11(8-12)9-13(14)16/h5-8H,3-4,9-10H2,1-2H3,(H2,14,16). The Bertz CT molecular complexity index is 346. The molecule has 0 bridgehead atoms. The number of hydrogen-bond donors (Lipinski definition) is 1. The summed E-state index contributed by atoms with van der Waals surface area (Å²) >= 11 is 4.92. The summed E-state index contributed by atoms with van der Waals surface area (Å²) in [5.41, 5.74) is 8.09. The van der Waals surface area contributed by atoms with Gasteiger partial charge in [0.25, 0.3) is 0 Å². The topological polar surface area (TPSA) is 29.3 Å². The Labute approximate surface area is 103 Å². The molecule has 0 aliphatic carbocycles. The minimum atomic E-state index is 0.556. The van der Waals surface area contributed by atoms with Crippen molar-refractivity contribution in [3.8, 4) is 0 Å². The molecule has 0 atom stereocenters. The Morgan fingerprint density at radius 2 is 1.88 bits per heavy atom. The fourth-order valence-electron chi connectivity index (χ4n) is 1.74. The number of hydrogen-bond acceptors (Lipinski definition) is 2. The van der Waals surface area contributed by atoms with Crippen LogP contribution in [0.3, 0.4) is 0 Å². The molecule has 0 heterocycles. The predicted octanol–water partition coefficient (Wildman–Crippen LogP) is 2.36. The van der Waals surface area contributed by atoms with Gasteiger partial charge in [0.1, 0.15) is 0 Å². The van der Waals surface area contributed by atoms with Crippen molar-refractivity contribution < 1.29 is 0 Å². The maximum atomic E-state index is 5.55. The summed E-state index contributed by atoms with van der Waals surface area (Å²) in [4.78, 5) is 2.94. The van der Waals surface area contributed by atoms with Crippen LogP contribution in [0.15, 0.2) is 24.3 Å². The van der Waals surface area contributed by atoms with Gasteiger partial charge in [-0.3, -0.25) is 4.90 Å². The number of benzene rings is 1. The van der Waals surface area contributed by atoms with Crippen molar-refractivity contribution in [2.45, 2.75) is 26.8 Å². The van der Waals surface area contributed by atoms with Crippen molar-refractivity contribution in [1.82, 2.24) is 4.90 Å². The Kier molecular flexibility index (Phi) is 5.43. The highest BCUT2D eigenvalue weighted by Gasteiger charge is 2.02. The van der Waals surface area contributed by atoms with E-state index in [0.29, 0.717) is 11.4 Å². The van der Waals surface area contributed by atoms with Crippen LogP contribution in [0.5, 0.6) is 0 Å². The average Bonchev–Trinajstić information content (AvgIpc) is 2.25. The SMILES string of the molecule is CCN(CC)Cc1cccc(CC(N)=S)c1. The Balaban J connectivity index is 2.70. The third-order valence-corrected chi connectivity index (χ3v) is 2.81. The first-order chi connectivity index (χ1) is 7.65. The Hall–Kier alpha value is -0.930. The molecule has 0 radical (unpaired) electrons. The largest absolute Gasteiger partial charge is 0.393 e. The molecular weight excluding hydrogens is 216 g/mol. The van der Waals surface area contributed by atoms with Crippen LogP contribution in [0, 0.1) is 0 Å². The van der Waals surface area contributed by atoms with E-state index in [2.05, 4.69) is 43.0 Å². The van der Waals surface area contributed by atoms with Crippen LogP contribution < -0.4 is 5.73 Å². The predicted molar refractivity (Wildman–Crippen MR) is 73.6 cm³/mol. The Morgan fingerprint density at radius 1 is 1.25 bits per heavy atom. The number of nitrogens with zero attached hydrogens (tertiary/aromatic N) is 1. The van der Waals surface area contributed by atoms with Crippen LogP contribution in [-0.4, -0.2) is 23.0 Å². The van der Waals surface area contributed by atoms with E-state index in [9.17, 15) is 0 Å². The molecule has 0 fully saturated rings. The van der Waals surface area contributed by atoms with Crippen LogP contribution in [-0.2, 0) is 13.0 Å². The van der Waals surface area contributed by atoms with Crippen molar-refractivity contribution in [3.63, 3.8) is 0 Å². The molecule has 16 heavy (non-hydrogen) atoms. The van der Waals surface area contributed by atoms with E-state index in [1.807, 2.05) is 0 Å². The smallest absolute Gasteiger partial charge is 0.0771 e. The van der Waals surface area contributed by atoms with Crippen molar-refractivity contribution in [2.24, 2.45) is 5.73 Å². The van der Waals surface area contributed by atoms with E-state index in [0.717, 1.165) is 19.6 Å². The summed E-state index contributed by atoms with van der Waals surface area (Å²) in [5.74, 6) is 0. The van der Waals surface area contributed by atoms with Gasteiger partial charge in [-0.25, -0.2) is 0 Å². The highest BCUT2D eigenvalue weighted by molar-refractivity contribution is 7.80. The van der Waals surface area contributed by atoms with E-state index in [1.165, 1.54) is 11.1 Å². The molecule has 0 saturated carbocycles. The molecule has 88 valence electrons. The molecule has 0 aliphatic heterocycles. The van der Waals surface area contributed by atoms with Gasteiger partial charge in [-0.05, 0) is 24.2 Å². The number of thiocarbonyl (C=S) groups is 1. The summed E-state index contributed by atoms with van der Waals surface area (Å²) in [5, 5.41) is 0. The minimum Gasteiger partial charge on any atom is -0.393 e. The third-order valence-electron chi connectivity index (χ3n) is 2.67. The molecule has 2 N–H and O–H groups in total. The van der Waals surface area contributed by atoms with Crippen molar-refractivity contribution >= 4 is 17.2 Å². The summed E-state index contributed by atoms with van der Waals surface area (Å²) in [6.45, 7) is 7.52. The lowest BCUT2D eigenvalue weighted by Gasteiger charge is -2.18.